The molecule has 1 amide bonds. The third-order valence-corrected chi connectivity index (χ3v) is 3.86. The summed E-state index contributed by atoms with van der Waals surface area (Å²) in [4.78, 5) is 12.4. The lowest BCUT2D eigenvalue weighted by atomic mass is 10.1. The number of ether oxygens (including phenoxy) is 1. The fourth-order valence-corrected chi connectivity index (χ4v) is 2.34. The van der Waals surface area contributed by atoms with E-state index in [1.807, 2.05) is 36.4 Å². The summed E-state index contributed by atoms with van der Waals surface area (Å²) < 4.78 is 4.99. The molecule has 0 heterocycles. The molecule has 0 spiro atoms. The van der Waals surface area contributed by atoms with Crippen molar-refractivity contribution in [3.63, 3.8) is 0 Å². The molecule has 122 valence electrons. The second-order valence-corrected chi connectivity index (χ2v) is 5.52. The van der Waals surface area contributed by atoms with Crippen LogP contribution in [0.2, 0.25) is 0 Å². The molecule has 0 bridgehead atoms. The summed E-state index contributed by atoms with van der Waals surface area (Å²) in [5.74, 6) is -0.0745. The monoisotopic (exact) mass is 312 g/mol. The van der Waals surface area contributed by atoms with Crippen LogP contribution in [0.3, 0.4) is 0 Å². The van der Waals surface area contributed by atoms with Crippen molar-refractivity contribution < 1.29 is 9.53 Å². The third kappa shape index (κ3) is 4.57. The number of benzene rings is 2. The summed E-state index contributed by atoms with van der Waals surface area (Å²) in [5.41, 5.74) is 4.88. The molecule has 0 aliphatic carbocycles. The average Bonchev–Trinajstić information content (AvgIpc) is 2.56. The maximum Gasteiger partial charge on any atom is 0.253 e. The summed E-state index contributed by atoms with van der Waals surface area (Å²) in [5, 5.41) is 6.31. The molecule has 23 heavy (non-hydrogen) atoms. The van der Waals surface area contributed by atoms with E-state index in [2.05, 4.69) is 30.5 Å². The topological polar surface area (TPSA) is 50.4 Å². The van der Waals surface area contributed by atoms with Crippen molar-refractivity contribution in [2.24, 2.45) is 0 Å². The van der Waals surface area contributed by atoms with Gasteiger partial charge in [-0.05, 0) is 49.6 Å². The number of carbonyl (C=O) groups excluding carboxylic acids is 1. The van der Waals surface area contributed by atoms with E-state index in [1.54, 1.807) is 7.11 Å². The van der Waals surface area contributed by atoms with E-state index in [1.165, 1.54) is 11.1 Å². The first-order valence-corrected chi connectivity index (χ1v) is 7.83. The Labute approximate surface area is 137 Å². The molecule has 4 nitrogen and oxygen atoms in total. The molecular weight excluding hydrogens is 288 g/mol. The minimum Gasteiger partial charge on any atom is -0.385 e. The number of amides is 1. The lowest BCUT2D eigenvalue weighted by Crippen LogP contribution is -2.25. The maximum atomic E-state index is 12.4. The van der Waals surface area contributed by atoms with Crippen LogP contribution in [0.25, 0.3) is 0 Å². The van der Waals surface area contributed by atoms with E-state index in [0.29, 0.717) is 18.7 Å². The van der Waals surface area contributed by atoms with Crippen LogP contribution in [-0.2, 0) is 4.74 Å². The fourth-order valence-electron chi connectivity index (χ4n) is 2.34. The molecule has 2 rings (SSSR count). The molecule has 0 aliphatic rings. The van der Waals surface area contributed by atoms with Crippen molar-refractivity contribution in [2.45, 2.75) is 20.3 Å². The van der Waals surface area contributed by atoms with E-state index in [-0.39, 0.29) is 5.91 Å². The second-order valence-electron chi connectivity index (χ2n) is 5.52. The lowest BCUT2D eigenvalue weighted by molar-refractivity contribution is 0.0949. The van der Waals surface area contributed by atoms with Gasteiger partial charge in [0.1, 0.15) is 0 Å². The van der Waals surface area contributed by atoms with Crippen LogP contribution in [0.4, 0.5) is 11.4 Å². The van der Waals surface area contributed by atoms with E-state index in [0.717, 1.165) is 17.8 Å². The van der Waals surface area contributed by atoms with Crippen LogP contribution >= 0.6 is 0 Å². The van der Waals surface area contributed by atoms with Crippen LogP contribution in [0.1, 0.15) is 27.9 Å². The highest BCUT2D eigenvalue weighted by Gasteiger charge is 2.11. The largest absolute Gasteiger partial charge is 0.385 e. The summed E-state index contributed by atoms with van der Waals surface area (Å²) in [6, 6.07) is 13.7. The van der Waals surface area contributed by atoms with E-state index >= 15 is 0 Å². The van der Waals surface area contributed by atoms with Gasteiger partial charge >= 0.3 is 0 Å². The minimum absolute atomic E-state index is 0.0745. The second kappa shape index (κ2) is 8.34. The highest BCUT2D eigenvalue weighted by atomic mass is 16.5. The van der Waals surface area contributed by atoms with Crippen molar-refractivity contribution in [1.82, 2.24) is 5.32 Å². The Kier molecular flexibility index (Phi) is 6.18. The molecule has 0 fully saturated rings. The molecule has 0 aromatic heterocycles. The zero-order valence-electron chi connectivity index (χ0n) is 14.0. The molecule has 4 heteroatoms. The number of para-hydroxylation sites is 1. The Bertz CT molecular complexity index is 668. The molecule has 0 aliphatic heterocycles. The Morgan fingerprint density at radius 2 is 1.78 bits per heavy atom. The van der Waals surface area contributed by atoms with Crippen molar-refractivity contribution in [1.29, 1.82) is 0 Å². The van der Waals surface area contributed by atoms with Crippen LogP contribution < -0.4 is 10.6 Å². The van der Waals surface area contributed by atoms with Gasteiger partial charge in [0.15, 0.2) is 0 Å². The number of carbonyl (C=O) groups is 1. The van der Waals surface area contributed by atoms with Crippen molar-refractivity contribution in [3.05, 3.63) is 59.2 Å². The predicted octanol–water partition coefficient (Wildman–Crippen LogP) is 3.81. The number of hydrogen-bond donors (Lipinski definition) is 2. The quantitative estimate of drug-likeness (QED) is 0.764. The summed E-state index contributed by atoms with van der Waals surface area (Å²) >= 11 is 0. The summed E-state index contributed by atoms with van der Waals surface area (Å²) in [6.07, 6.45) is 0.800. The lowest BCUT2D eigenvalue weighted by Gasteiger charge is -2.15. The standard InChI is InChI=1S/C19H24N2O2/c1-14-8-6-11-17(15(14)2)21-18-10-5-4-9-16(18)19(22)20-12-7-13-23-3/h4-6,8-11,21H,7,12-13H2,1-3H3,(H,20,22). The first-order chi connectivity index (χ1) is 11.1. The van der Waals surface area contributed by atoms with Gasteiger partial charge < -0.3 is 15.4 Å². The zero-order chi connectivity index (χ0) is 16.7. The number of rotatable bonds is 7. The average molecular weight is 312 g/mol. The molecular formula is C19H24N2O2. The Balaban J connectivity index is 2.14. The molecule has 0 saturated carbocycles. The normalized spacial score (nSPS) is 10.4. The van der Waals surface area contributed by atoms with E-state index < -0.39 is 0 Å². The molecule has 0 unspecified atom stereocenters. The van der Waals surface area contributed by atoms with Gasteiger partial charge in [0.25, 0.3) is 5.91 Å². The number of nitrogens with one attached hydrogen (secondary N) is 2. The molecule has 0 saturated heterocycles. The van der Waals surface area contributed by atoms with Crippen molar-refractivity contribution in [3.8, 4) is 0 Å². The van der Waals surface area contributed by atoms with Crippen LogP contribution in [0, 0.1) is 13.8 Å². The molecule has 2 N–H and O–H groups in total. The van der Waals surface area contributed by atoms with Crippen LogP contribution in [-0.4, -0.2) is 26.2 Å². The number of aryl methyl sites for hydroxylation is 1. The van der Waals surface area contributed by atoms with Crippen LogP contribution in [0.5, 0.6) is 0 Å². The predicted molar refractivity (Wildman–Crippen MR) is 94.5 cm³/mol. The van der Waals surface area contributed by atoms with E-state index in [9.17, 15) is 4.79 Å². The maximum absolute atomic E-state index is 12.4. The van der Waals surface area contributed by atoms with Gasteiger partial charge in [-0.1, -0.05) is 24.3 Å². The van der Waals surface area contributed by atoms with Gasteiger partial charge in [-0.15, -0.1) is 0 Å². The van der Waals surface area contributed by atoms with E-state index in [4.69, 9.17) is 4.74 Å². The number of hydrogen-bond acceptors (Lipinski definition) is 3. The van der Waals surface area contributed by atoms with Gasteiger partial charge in [-0.3, -0.25) is 4.79 Å². The molecule has 2 aromatic rings. The fraction of sp³-hybridized carbons (Fsp3) is 0.316. The minimum atomic E-state index is -0.0745. The van der Waals surface area contributed by atoms with Crippen molar-refractivity contribution in [2.75, 3.05) is 25.6 Å². The number of anilines is 2. The Morgan fingerprint density at radius 1 is 1.04 bits per heavy atom. The molecule has 0 atom stereocenters. The van der Waals surface area contributed by atoms with Gasteiger partial charge in [0.2, 0.25) is 0 Å². The highest BCUT2D eigenvalue weighted by Crippen LogP contribution is 2.25. The Hall–Kier alpha value is -2.33. The SMILES string of the molecule is COCCCNC(=O)c1ccccc1Nc1cccc(C)c1C. The zero-order valence-corrected chi connectivity index (χ0v) is 14.0. The highest BCUT2D eigenvalue weighted by molar-refractivity contribution is 6.00. The van der Waals surface area contributed by atoms with Gasteiger partial charge in [-0.2, -0.15) is 0 Å². The first kappa shape index (κ1) is 17.0. The third-order valence-electron chi connectivity index (χ3n) is 3.86. The van der Waals surface area contributed by atoms with Crippen molar-refractivity contribution >= 4 is 17.3 Å². The van der Waals surface area contributed by atoms with Crippen LogP contribution in [0.15, 0.2) is 42.5 Å². The summed E-state index contributed by atoms with van der Waals surface area (Å²) in [6.45, 7) is 5.40. The van der Waals surface area contributed by atoms with Gasteiger partial charge in [-0.25, -0.2) is 0 Å². The van der Waals surface area contributed by atoms with Gasteiger partial charge in [0.05, 0.1) is 11.3 Å². The Morgan fingerprint density at radius 3 is 2.57 bits per heavy atom. The van der Waals surface area contributed by atoms with Gasteiger partial charge in [0, 0.05) is 25.9 Å². The smallest absolute Gasteiger partial charge is 0.253 e. The molecule has 0 radical (unpaired) electrons. The summed E-state index contributed by atoms with van der Waals surface area (Å²) in [7, 11) is 1.66. The first-order valence-electron chi connectivity index (χ1n) is 7.83. The molecule has 2 aromatic carbocycles. The number of methoxy groups -OCH3 is 1.